The molecule has 1 unspecified atom stereocenters. The van der Waals surface area contributed by atoms with Crippen molar-refractivity contribution in [1.29, 1.82) is 0 Å². The summed E-state index contributed by atoms with van der Waals surface area (Å²) >= 11 is 1.84. The van der Waals surface area contributed by atoms with Crippen LogP contribution in [0.5, 0.6) is 11.5 Å². The number of hydrogen-bond acceptors (Lipinski definition) is 5. The first kappa shape index (κ1) is 11.7. The van der Waals surface area contributed by atoms with E-state index < -0.39 is 0 Å². The molecule has 0 bridgehead atoms. The Bertz CT molecular complexity index is 476. The van der Waals surface area contributed by atoms with E-state index in [4.69, 9.17) is 9.47 Å². The van der Waals surface area contributed by atoms with Crippen LogP contribution in [0, 0.1) is 0 Å². The Morgan fingerprint density at radius 2 is 2.28 bits per heavy atom. The Labute approximate surface area is 111 Å². The van der Waals surface area contributed by atoms with Crippen molar-refractivity contribution in [2.24, 2.45) is 4.99 Å². The molecule has 96 valence electrons. The highest BCUT2D eigenvalue weighted by atomic mass is 32.2. The summed E-state index contributed by atoms with van der Waals surface area (Å²) in [5, 5.41) is 5.07. The SMILES string of the molecule is CCC1CN=C(NCc2ccc3c(c2)OCO3)S1. The molecule has 1 N–H and O–H groups in total. The van der Waals surface area contributed by atoms with Crippen LogP contribution in [-0.2, 0) is 6.54 Å². The number of nitrogens with zero attached hydrogens (tertiary/aromatic N) is 1. The fraction of sp³-hybridized carbons (Fsp3) is 0.462. The third-order valence-electron chi connectivity index (χ3n) is 3.05. The first-order valence-electron chi connectivity index (χ1n) is 6.18. The molecule has 4 nitrogen and oxygen atoms in total. The molecule has 0 amide bonds. The van der Waals surface area contributed by atoms with Crippen LogP contribution >= 0.6 is 11.8 Å². The van der Waals surface area contributed by atoms with Crippen LogP contribution in [0.2, 0.25) is 0 Å². The van der Waals surface area contributed by atoms with Crippen molar-refractivity contribution >= 4 is 16.9 Å². The van der Waals surface area contributed by atoms with Crippen molar-refractivity contribution in [3.05, 3.63) is 23.8 Å². The lowest BCUT2D eigenvalue weighted by Crippen LogP contribution is -2.18. The van der Waals surface area contributed by atoms with Gasteiger partial charge in [0.1, 0.15) is 0 Å². The Kier molecular flexibility index (Phi) is 3.32. The smallest absolute Gasteiger partial charge is 0.231 e. The van der Waals surface area contributed by atoms with Crippen LogP contribution in [0.4, 0.5) is 0 Å². The molecule has 0 fully saturated rings. The molecule has 0 saturated heterocycles. The Morgan fingerprint density at radius 1 is 1.39 bits per heavy atom. The normalized spacial score (nSPS) is 20.9. The van der Waals surface area contributed by atoms with Crippen LogP contribution in [0.1, 0.15) is 18.9 Å². The second kappa shape index (κ2) is 5.10. The van der Waals surface area contributed by atoms with Gasteiger partial charge in [-0.15, -0.1) is 0 Å². The van der Waals surface area contributed by atoms with Gasteiger partial charge in [0.15, 0.2) is 16.7 Å². The van der Waals surface area contributed by atoms with Crippen molar-refractivity contribution in [1.82, 2.24) is 5.32 Å². The minimum absolute atomic E-state index is 0.326. The van der Waals surface area contributed by atoms with E-state index in [0.717, 1.165) is 29.8 Å². The van der Waals surface area contributed by atoms with Crippen LogP contribution in [0.3, 0.4) is 0 Å². The summed E-state index contributed by atoms with van der Waals surface area (Å²) in [6.07, 6.45) is 1.17. The summed E-state index contributed by atoms with van der Waals surface area (Å²) in [7, 11) is 0. The maximum Gasteiger partial charge on any atom is 0.231 e. The van der Waals surface area contributed by atoms with Gasteiger partial charge in [-0.1, -0.05) is 24.8 Å². The number of benzene rings is 1. The molecule has 0 spiro atoms. The molecule has 0 aromatic heterocycles. The molecule has 1 aromatic carbocycles. The third-order valence-corrected chi connectivity index (χ3v) is 4.37. The maximum absolute atomic E-state index is 5.36. The average molecular weight is 264 g/mol. The minimum atomic E-state index is 0.326. The van der Waals surface area contributed by atoms with Crippen molar-refractivity contribution < 1.29 is 9.47 Å². The second-order valence-electron chi connectivity index (χ2n) is 4.34. The topological polar surface area (TPSA) is 42.9 Å². The zero-order chi connectivity index (χ0) is 12.4. The second-order valence-corrected chi connectivity index (χ2v) is 5.62. The maximum atomic E-state index is 5.36. The highest BCUT2D eigenvalue weighted by Gasteiger charge is 2.18. The quantitative estimate of drug-likeness (QED) is 0.910. The number of fused-ring (bicyclic) bond motifs is 1. The van der Waals surface area contributed by atoms with Gasteiger partial charge in [-0.05, 0) is 24.1 Å². The van der Waals surface area contributed by atoms with E-state index in [9.17, 15) is 0 Å². The number of hydrogen-bond donors (Lipinski definition) is 1. The number of amidine groups is 1. The molecule has 1 aromatic rings. The van der Waals surface area contributed by atoms with E-state index in [1.807, 2.05) is 23.9 Å². The van der Waals surface area contributed by atoms with Crippen molar-refractivity contribution in [3.63, 3.8) is 0 Å². The zero-order valence-corrected chi connectivity index (χ0v) is 11.1. The summed E-state index contributed by atoms with van der Waals surface area (Å²) in [6.45, 7) is 4.24. The lowest BCUT2D eigenvalue weighted by atomic mass is 10.2. The molecule has 0 radical (unpaired) electrons. The van der Waals surface area contributed by atoms with E-state index in [0.29, 0.717) is 12.0 Å². The molecule has 2 aliphatic rings. The van der Waals surface area contributed by atoms with E-state index in [1.165, 1.54) is 12.0 Å². The molecular formula is C13H16N2O2S. The molecule has 5 heteroatoms. The number of thioether (sulfide) groups is 1. The fourth-order valence-electron chi connectivity index (χ4n) is 1.96. The molecule has 2 heterocycles. The number of nitrogens with one attached hydrogen (secondary N) is 1. The number of rotatable bonds is 3. The van der Waals surface area contributed by atoms with E-state index in [1.54, 1.807) is 0 Å². The van der Waals surface area contributed by atoms with Gasteiger partial charge in [0.2, 0.25) is 6.79 Å². The highest BCUT2D eigenvalue weighted by Crippen LogP contribution is 2.32. The zero-order valence-electron chi connectivity index (χ0n) is 10.3. The molecule has 18 heavy (non-hydrogen) atoms. The van der Waals surface area contributed by atoms with Gasteiger partial charge < -0.3 is 14.8 Å². The first-order valence-corrected chi connectivity index (χ1v) is 7.06. The van der Waals surface area contributed by atoms with Crippen LogP contribution in [0.25, 0.3) is 0 Å². The lowest BCUT2D eigenvalue weighted by molar-refractivity contribution is 0.174. The van der Waals surface area contributed by atoms with Crippen LogP contribution in [0.15, 0.2) is 23.2 Å². The van der Waals surface area contributed by atoms with E-state index >= 15 is 0 Å². The Balaban J connectivity index is 1.57. The summed E-state index contributed by atoms with van der Waals surface area (Å²) < 4.78 is 10.6. The van der Waals surface area contributed by atoms with Crippen molar-refractivity contribution in [3.8, 4) is 11.5 Å². The van der Waals surface area contributed by atoms with Gasteiger partial charge >= 0.3 is 0 Å². The molecule has 2 aliphatic heterocycles. The standard InChI is InChI=1S/C13H16N2O2S/c1-2-10-7-15-13(18-10)14-6-9-3-4-11-12(5-9)17-8-16-11/h3-5,10H,2,6-8H2,1H3,(H,14,15). The summed E-state index contributed by atoms with van der Waals surface area (Å²) in [5.41, 5.74) is 1.18. The number of aliphatic imine (C=N–C) groups is 1. The lowest BCUT2D eigenvalue weighted by Gasteiger charge is -2.07. The monoisotopic (exact) mass is 264 g/mol. The Hall–Kier alpha value is -1.36. The Morgan fingerprint density at radius 3 is 3.11 bits per heavy atom. The van der Waals surface area contributed by atoms with Gasteiger partial charge in [0, 0.05) is 11.8 Å². The molecule has 3 rings (SSSR count). The van der Waals surface area contributed by atoms with Crippen LogP contribution in [-0.4, -0.2) is 23.8 Å². The van der Waals surface area contributed by atoms with Gasteiger partial charge in [-0.25, -0.2) is 0 Å². The van der Waals surface area contributed by atoms with Crippen LogP contribution < -0.4 is 14.8 Å². The van der Waals surface area contributed by atoms with E-state index in [-0.39, 0.29) is 0 Å². The van der Waals surface area contributed by atoms with E-state index in [2.05, 4.69) is 23.3 Å². The summed E-state index contributed by atoms with van der Waals surface area (Å²) in [4.78, 5) is 4.49. The minimum Gasteiger partial charge on any atom is -0.454 e. The fourth-order valence-corrected chi connectivity index (χ4v) is 2.89. The first-order chi connectivity index (χ1) is 8.85. The van der Waals surface area contributed by atoms with Crippen molar-refractivity contribution in [2.45, 2.75) is 25.1 Å². The molecule has 0 saturated carbocycles. The molecular weight excluding hydrogens is 248 g/mol. The van der Waals surface area contributed by atoms with Crippen molar-refractivity contribution in [2.75, 3.05) is 13.3 Å². The summed E-state index contributed by atoms with van der Waals surface area (Å²) in [6, 6.07) is 6.03. The summed E-state index contributed by atoms with van der Waals surface area (Å²) in [5.74, 6) is 1.67. The van der Waals surface area contributed by atoms with Gasteiger partial charge in [-0.3, -0.25) is 4.99 Å². The third kappa shape index (κ3) is 2.41. The average Bonchev–Trinajstić information content (AvgIpc) is 3.04. The van der Waals surface area contributed by atoms with Gasteiger partial charge in [0.25, 0.3) is 0 Å². The largest absolute Gasteiger partial charge is 0.454 e. The number of ether oxygens (including phenoxy) is 2. The van der Waals surface area contributed by atoms with Gasteiger partial charge in [-0.2, -0.15) is 0 Å². The molecule has 0 aliphatic carbocycles. The highest BCUT2D eigenvalue weighted by molar-refractivity contribution is 8.14. The molecule has 1 atom stereocenters. The predicted octanol–water partition coefficient (Wildman–Crippen LogP) is 2.39. The predicted molar refractivity (Wildman–Crippen MR) is 73.4 cm³/mol. The van der Waals surface area contributed by atoms with Gasteiger partial charge in [0.05, 0.1) is 6.54 Å².